The summed E-state index contributed by atoms with van der Waals surface area (Å²) >= 11 is 0. The molecule has 0 spiro atoms. The lowest BCUT2D eigenvalue weighted by atomic mass is 10.1. The molecule has 0 saturated carbocycles. The molecule has 3 nitrogen and oxygen atoms in total. The molecule has 0 heterocycles. The predicted octanol–water partition coefficient (Wildman–Crippen LogP) is 4.20. The van der Waals surface area contributed by atoms with Crippen molar-refractivity contribution in [2.45, 2.75) is 20.3 Å². The van der Waals surface area contributed by atoms with E-state index in [0.717, 1.165) is 23.4 Å². The average Bonchev–Trinajstić information content (AvgIpc) is 2.53. The fourth-order valence-electron chi connectivity index (χ4n) is 1.90. The number of benzene rings is 2. The summed E-state index contributed by atoms with van der Waals surface area (Å²) in [5, 5.41) is 4.21. The highest BCUT2D eigenvalue weighted by atomic mass is 16.6. The van der Waals surface area contributed by atoms with E-state index >= 15 is 0 Å². The van der Waals surface area contributed by atoms with Gasteiger partial charge in [-0.15, -0.1) is 0 Å². The third-order valence-corrected chi connectivity index (χ3v) is 3.08. The van der Waals surface area contributed by atoms with Crippen LogP contribution in [-0.4, -0.2) is 18.9 Å². The SMILES string of the molecule is CCC(=NOCCOc1ccccc1)c1ccc(C)cc1. The molecule has 0 saturated heterocycles. The van der Waals surface area contributed by atoms with Gasteiger partial charge in [0.15, 0.2) is 6.61 Å². The van der Waals surface area contributed by atoms with Crippen LogP contribution in [0.5, 0.6) is 5.75 Å². The fraction of sp³-hybridized carbons (Fsp3) is 0.278. The number of rotatable bonds is 7. The van der Waals surface area contributed by atoms with E-state index in [2.05, 4.69) is 43.3 Å². The van der Waals surface area contributed by atoms with E-state index in [9.17, 15) is 0 Å². The summed E-state index contributed by atoms with van der Waals surface area (Å²) in [6.45, 7) is 5.06. The Morgan fingerprint density at radius 2 is 1.67 bits per heavy atom. The zero-order chi connectivity index (χ0) is 14.9. The number of aryl methyl sites for hydroxylation is 1. The van der Waals surface area contributed by atoms with E-state index in [1.54, 1.807) is 0 Å². The first-order valence-corrected chi connectivity index (χ1v) is 7.23. The second-order valence-corrected chi connectivity index (χ2v) is 4.75. The highest BCUT2D eigenvalue weighted by molar-refractivity contribution is 6.00. The first-order valence-electron chi connectivity index (χ1n) is 7.23. The molecule has 0 bridgehead atoms. The van der Waals surface area contributed by atoms with Crippen LogP contribution in [0.1, 0.15) is 24.5 Å². The molecular weight excluding hydrogens is 262 g/mol. The minimum atomic E-state index is 0.435. The molecule has 0 aliphatic carbocycles. The highest BCUT2D eigenvalue weighted by Gasteiger charge is 2.01. The van der Waals surface area contributed by atoms with Crippen LogP contribution in [0, 0.1) is 6.92 Å². The molecule has 0 amide bonds. The van der Waals surface area contributed by atoms with Gasteiger partial charge >= 0.3 is 0 Å². The summed E-state index contributed by atoms with van der Waals surface area (Å²) in [6.07, 6.45) is 0.836. The van der Waals surface area contributed by atoms with Gasteiger partial charge in [-0.2, -0.15) is 0 Å². The minimum Gasteiger partial charge on any atom is -0.490 e. The molecule has 110 valence electrons. The zero-order valence-corrected chi connectivity index (χ0v) is 12.6. The Bertz CT molecular complexity index is 562. The summed E-state index contributed by atoms with van der Waals surface area (Å²) in [5.74, 6) is 0.847. The molecule has 0 fully saturated rings. The number of oxime groups is 1. The van der Waals surface area contributed by atoms with Crippen molar-refractivity contribution in [2.75, 3.05) is 13.2 Å². The van der Waals surface area contributed by atoms with Crippen molar-refractivity contribution in [1.29, 1.82) is 0 Å². The van der Waals surface area contributed by atoms with Gasteiger partial charge in [-0.3, -0.25) is 0 Å². The second kappa shape index (κ2) is 8.10. The van der Waals surface area contributed by atoms with E-state index in [4.69, 9.17) is 9.57 Å². The first kappa shape index (κ1) is 15.1. The standard InChI is InChI=1S/C18H21NO2/c1-3-18(16-11-9-15(2)10-12-16)19-21-14-13-20-17-7-5-4-6-8-17/h4-12H,3,13-14H2,1-2H3. The third kappa shape index (κ3) is 4.95. The largest absolute Gasteiger partial charge is 0.490 e. The lowest BCUT2D eigenvalue weighted by Gasteiger charge is -2.07. The Labute approximate surface area is 126 Å². The van der Waals surface area contributed by atoms with Crippen LogP contribution in [0.3, 0.4) is 0 Å². The van der Waals surface area contributed by atoms with E-state index in [1.165, 1.54) is 5.56 Å². The monoisotopic (exact) mass is 283 g/mol. The van der Waals surface area contributed by atoms with Crippen LogP contribution < -0.4 is 4.74 Å². The topological polar surface area (TPSA) is 30.8 Å². The van der Waals surface area contributed by atoms with E-state index in [-0.39, 0.29) is 0 Å². The van der Waals surface area contributed by atoms with Gasteiger partial charge in [-0.1, -0.05) is 60.1 Å². The van der Waals surface area contributed by atoms with Gasteiger partial charge in [0.25, 0.3) is 0 Å². The van der Waals surface area contributed by atoms with Crippen molar-refractivity contribution < 1.29 is 9.57 Å². The maximum atomic E-state index is 5.55. The number of hydrogen-bond acceptors (Lipinski definition) is 3. The number of hydrogen-bond donors (Lipinski definition) is 0. The molecule has 2 aromatic rings. The van der Waals surface area contributed by atoms with Crippen molar-refractivity contribution in [3.63, 3.8) is 0 Å². The van der Waals surface area contributed by atoms with Crippen LogP contribution in [0.4, 0.5) is 0 Å². The van der Waals surface area contributed by atoms with Gasteiger partial charge in [0.2, 0.25) is 0 Å². The van der Waals surface area contributed by atoms with Crippen molar-refractivity contribution in [3.05, 3.63) is 65.7 Å². The fourth-order valence-corrected chi connectivity index (χ4v) is 1.90. The summed E-state index contributed by atoms with van der Waals surface area (Å²) in [5.41, 5.74) is 3.30. The zero-order valence-electron chi connectivity index (χ0n) is 12.6. The maximum absolute atomic E-state index is 5.55. The molecule has 21 heavy (non-hydrogen) atoms. The summed E-state index contributed by atoms with van der Waals surface area (Å²) in [6, 6.07) is 18.0. The Balaban J connectivity index is 1.80. The molecule has 0 aliphatic rings. The molecule has 3 heteroatoms. The molecule has 2 rings (SSSR count). The van der Waals surface area contributed by atoms with E-state index in [0.29, 0.717) is 13.2 Å². The Morgan fingerprint density at radius 1 is 0.952 bits per heavy atom. The van der Waals surface area contributed by atoms with Crippen molar-refractivity contribution in [2.24, 2.45) is 5.16 Å². The Hall–Kier alpha value is -2.29. The molecule has 0 aliphatic heterocycles. The van der Waals surface area contributed by atoms with Crippen molar-refractivity contribution >= 4 is 5.71 Å². The molecule has 0 atom stereocenters. The summed E-state index contributed by atoms with van der Waals surface area (Å²) in [7, 11) is 0. The minimum absolute atomic E-state index is 0.435. The van der Waals surface area contributed by atoms with Crippen LogP contribution in [-0.2, 0) is 4.84 Å². The van der Waals surface area contributed by atoms with Gasteiger partial charge in [-0.05, 0) is 31.0 Å². The van der Waals surface area contributed by atoms with Crippen LogP contribution in [0.2, 0.25) is 0 Å². The Morgan fingerprint density at radius 3 is 2.33 bits per heavy atom. The van der Waals surface area contributed by atoms with Gasteiger partial charge in [-0.25, -0.2) is 0 Å². The number of nitrogens with zero attached hydrogens (tertiary/aromatic N) is 1. The highest BCUT2D eigenvalue weighted by Crippen LogP contribution is 2.09. The third-order valence-electron chi connectivity index (χ3n) is 3.08. The molecule has 0 radical (unpaired) electrons. The quantitative estimate of drug-likeness (QED) is 0.433. The molecule has 0 N–H and O–H groups in total. The molecular formula is C18H21NO2. The van der Waals surface area contributed by atoms with Gasteiger partial charge < -0.3 is 9.57 Å². The average molecular weight is 283 g/mol. The first-order chi connectivity index (χ1) is 10.3. The van der Waals surface area contributed by atoms with Crippen molar-refractivity contribution in [3.8, 4) is 5.75 Å². The second-order valence-electron chi connectivity index (χ2n) is 4.75. The van der Waals surface area contributed by atoms with Crippen LogP contribution in [0.25, 0.3) is 0 Å². The normalized spacial score (nSPS) is 11.2. The smallest absolute Gasteiger partial charge is 0.151 e. The van der Waals surface area contributed by atoms with Crippen molar-refractivity contribution in [1.82, 2.24) is 0 Å². The van der Waals surface area contributed by atoms with Crippen LogP contribution in [0.15, 0.2) is 59.8 Å². The van der Waals surface area contributed by atoms with Gasteiger partial charge in [0, 0.05) is 0 Å². The van der Waals surface area contributed by atoms with Crippen LogP contribution >= 0.6 is 0 Å². The summed E-state index contributed by atoms with van der Waals surface area (Å²) < 4.78 is 5.55. The molecule has 2 aromatic carbocycles. The van der Waals surface area contributed by atoms with Gasteiger partial charge in [0.1, 0.15) is 12.4 Å². The van der Waals surface area contributed by atoms with E-state index in [1.807, 2.05) is 30.3 Å². The lowest BCUT2D eigenvalue weighted by molar-refractivity contribution is 0.107. The van der Waals surface area contributed by atoms with Gasteiger partial charge in [0.05, 0.1) is 5.71 Å². The maximum Gasteiger partial charge on any atom is 0.151 e. The summed E-state index contributed by atoms with van der Waals surface area (Å²) in [4.78, 5) is 5.36. The number of ether oxygens (including phenoxy) is 1. The van der Waals surface area contributed by atoms with E-state index < -0.39 is 0 Å². The lowest BCUT2D eigenvalue weighted by Crippen LogP contribution is -2.06. The Kier molecular flexibility index (Phi) is 5.83. The molecule has 0 unspecified atom stereocenters. The number of para-hydroxylation sites is 1. The predicted molar refractivity (Wildman–Crippen MR) is 85.9 cm³/mol. The molecule has 0 aromatic heterocycles.